The van der Waals surface area contributed by atoms with Gasteiger partial charge in [0.05, 0.1) is 17.7 Å². The van der Waals surface area contributed by atoms with Gasteiger partial charge in [0.15, 0.2) is 10.8 Å². The average Bonchev–Trinajstić information content (AvgIpc) is 2.48. The highest BCUT2D eigenvalue weighted by Gasteiger charge is 2.13. The second kappa shape index (κ2) is 6.13. The number of hydrogen-bond donors (Lipinski definition) is 1. The largest absolute Gasteiger partial charge is 0.344 e. The van der Waals surface area contributed by atoms with Crippen LogP contribution in [0.3, 0.4) is 0 Å². The van der Waals surface area contributed by atoms with Crippen molar-refractivity contribution in [2.24, 2.45) is 0 Å². The molecule has 0 saturated carbocycles. The van der Waals surface area contributed by atoms with Crippen LogP contribution in [-0.2, 0) is 0 Å². The van der Waals surface area contributed by atoms with E-state index in [1.165, 1.54) is 12.1 Å². The second-order valence-corrected chi connectivity index (χ2v) is 4.56. The Bertz CT molecular complexity index is 646. The Morgan fingerprint density at radius 3 is 2.50 bits per heavy atom. The van der Waals surface area contributed by atoms with Crippen molar-refractivity contribution in [2.45, 2.75) is 13.0 Å². The molecule has 100 valence electrons. The van der Waals surface area contributed by atoms with Gasteiger partial charge in [0.1, 0.15) is 0 Å². The zero-order chi connectivity index (χ0) is 14.5. The lowest BCUT2D eigenvalue weighted by Crippen LogP contribution is -2.27. The Hall–Kier alpha value is -2.45. The van der Waals surface area contributed by atoms with E-state index < -0.39 is 0 Å². The van der Waals surface area contributed by atoms with Crippen molar-refractivity contribution < 1.29 is 4.79 Å². The minimum Gasteiger partial charge on any atom is -0.344 e. The van der Waals surface area contributed by atoms with Crippen LogP contribution in [0.25, 0.3) is 0 Å². The summed E-state index contributed by atoms with van der Waals surface area (Å²) < 4.78 is 0. The summed E-state index contributed by atoms with van der Waals surface area (Å²) in [4.78, 5) is 12.0. The monoisotopic (exact) mass is 286 g/mol. The predicted molar refractivity (Wildman–Crippen MR) is 74.1 cm³/mol. The van der Waals surface area contributed by atoms with Gasteiger partial charge in [0.2, 0.25) is 0 Å². The standard InChI is InChI=1S/C14H11ClN4O/c1-9(11-4-2-10(8-16)3-5-11)17-14(20)12-6-7-13(15)19-18-12/h2-7,9H,1H3,(H,17,20). The minimum absolute atomic E-state index is 0.201. The number of rotatable bonds is 3. The predicted octanol–water partition coefficient (Wildman–Crippen LogP) is 2.49. The number of nitrogens with zero attached hydrogens (tertiary/aromatic N) is 3. The van der Waals surface area contributed by atoms with Gasteiger partial charge in [-0.1, -0.05) is 23.7 Å². The van der Waals surface area contributed by atoms with E-state index in [9.17, 15) is 4.79 Å². The normalized spacial score (nSPS) is 11.4. The van der Waals surface area contributed by atoms with Crippen molar-refractivity contribution >= 4 is 17.5 Å². The molecule has 0 fully saturated rings. The molecule has 1 unspecified atom stereocenters. The molecule has 1 amide bonds. The fourth-order valence-corrected chi connectivity index (χ4v) is 1.74. The van der Waals surface area contributed by atoms with Gasteiger partial charge in [-0.25, -0.2) is 0 Å². The molecule has 1 N–H and O–H groups in total. The van der Waals surface area contributed by atoms with Gasteiger partial charge in [-0.15, -0.1) is 10.2 Å². The summed E-state index contributed by atoms with van der Waals surface area (Å²) in [6.45, 7) is 1.85. The Labute approximate surface area is 121 Å². The zero-order valence-corrected chi connectivity index (χ0v) is 11.4. The quantitative estimate of drug-likeness (QED) is 0.940. The molecule has 2 rings (SSSR count). The Balaban J connectivity index is 2.06. The second-order valence-electron chi connectivity index (χ2n) is 4.17. The summed E-state index contributed by atoms with van der Waals surface area (Å²) in [5.41, 5.74) is 1.69. The van der Waals surface area contributed by atoms with Crippen LogP contribution in [0.15, 0.2) is 36.4 Å². The molecule has 5 nitrogen and oxygen atoms in total. The van der Waals surface area contributed by atoms with Gasteiger partial charge in [0.25, 0.3) is 5.91 Å². The van der Waals surface area contributed by atoms with Crippen molar-refractivity contribution in [3.63, 3.8) is 0 Å². The molecule has 0 radical (unpaired) electrons. The van der Waals surface area contributed by atoms with E-state index in [4.69, 9.17) is 16.9 Å². The van der Waals surface area contributed by atoms with Gasteiger partial charge in [-0.2, -0.15) is 5.26 Å². The van der Waals surface area contributed by atoms with Crippen molar-refractivity contribution in [3.8, 4) is 6.07 Å². The molecule has 0 spiro atoms. The van der Waals surface area contributed by atoms with Crippen LogP contribution < -0.4 is 5.32 Å². The first kappa shape index (κ1) is 14.0. The summed E-state index contributed by atoms with van der Waals surface area (Å²) >= 11 is 5.61. The van der Waals surface area contributed by atoms with Crippen LogP contribution in [0.1, 0.15) is 34.6 Å². The third kappa shape index (κ3) is 3.31. The number of hydrogen-bond acceptors (Lipinski definition) is 4. The van der Waals surface area contributed by atoms with Crippen molar-refractivity contribution in [1.82, 2.24) is 15.5 Å². The first-order valence-corrected chi connectivity index (χ1v) is 6.28. The molecule has 1 atom stereocenters. The van der Waals surface area contributed by atoms with Crippen molar-refractivity contribution in [3.05, 3.63) is 58.4 Å². The molecule has 1 heterocycles. The van der Waals surface area contributed by atoms with Crippen LogP contribution >= 0.6 is 11.6 Å². The highest BCUT2D eigenvalue weighted by atomic mass is 35.5. The summed E-state index contributed by atoms with van der Waals surface area (Å²) in [6.07, 6.45) is 0. The Kier molecular flexibility index (Phi) is 4.28. The van der Waals surface area contributed by atoms with Gasteiger partial charge < -0.3 is 5.32 Å². The number of benzene rings is 1. The van der Waals surface area contributed by atoms with E-state index in [0.29, 0.717) is 5.56 Å². The number of nitriles is 1. The lowest BCUT2D eigenvalue weighted by molar-refractivity contribution is 0.0934. The van der Waals surface area contributed by atoms with E-state index in [2.05, 4.69) is 15.5 Å². The Morgan fingerprint density at radius 1 is 1.25 bits per heavy atom. The third-order valence-electron chi connectivity index (χ3n) is 2.75. The summed E-state index contributed by atoms with van der Waals surface area (Å²) in [5.74, 6) is -0.328. The molecule has 0 aliphatic carbocycles. The number of halogens is 1. The molecular weight excluding hydrogens is 276 g/mol. The summed E-state index contributed by atoms with van der Waals surface area (Å²) in [5, 5.41) is 19.1. The fraction of sp³-hybridized carbons (Fsp3) is 0.143. The van der Waals surface area contributed by atoms with Crippen molar-refractivity contribution in [2.75, 3.05) is 0 Å². The SMILES string of the molecule is CC(NC(=O)c1ccc(Cl)nn1)c1ccc(C#N)cc1. The number of nitrogens with one attached hydrogen (secondary N) is 1. The molecule has 20 heavy (non-hydrogen) atoms. The highest BCUT2D eigenvalue weighted by molar-refractivity contribution is 6.29. The topological polar surface area (TPSA) is 78.7 Å². The van der Waals surface area contributed by atoms with E-state index >= 15 is 0 Å². The van der Waals surface area contributed by atoms with Crippen LogP contribution in [-0.4, -0.2) is 16.1 Å². The lowest BCUT2D eigenvalue weighted by atomic mass is 10.1. The maximum absolute atomic E-state index is 12.0. The summed E-state index contributed by atoms with van der Waals surface area (Å²) in [6, 6.07) is 11.9. The van der Waals surface area contributed by atoms with Gasteiger partial charge in [-0.3, -0.25) is 4.79 Å². The van der Waals surface area contributed by atoms with E-state index in [-0.39, 0.29) is 22.8 Å². The lowest BCUT2D eigenvalue weighted by Gasteiger charge is -2.13. The smallest absolute Gasteiger partial charge is 0.272 e. The molecular formula is C14H11ClN4O. The maximum atomic E-state index is 12.0. The first-order chi connectivity index (χ1) is 9.60. The third-order valence-corrected chi connectivity index (χ3v) is 2.95. The van der Waals surface area contributed by atoms with E-state index in [0.717, 1.165) is 5.56 Å². The highest BCUT2D eigenvalue weighted by Crippen LogP contribution is 2.13. The van der Waals surface area contributed by atoms with Gasteiger partial charge >= 0.3 is 0 Å². The van der Waals surface area contributed by atoms with Gasteiger partial charge in [-0.05, 0) is 36.8 Å². The first-order valence-electron chi connectivity index (χ1n) is 5.90. The minimum atomic E-state index is -0.328. The molecule has 1 aromatic carbocycles. The molecule has 0 bridgehead atoms. The molecule has 2 aromatic rings. The average molecular weight is 287 g/mol. The fourth-order valence-electron chi connectivity index (χ4n) is 1.64. The number of aromatic nitrogens is 2. The molecule has 0 aliphatic heterocycles. The van der Waals surface area contributed by atoms with Crippen LogP contribution in [0.5, 0.6) is 0 Å². The van der Waals surface area contributed by atoms with Crippen LogP contribution in [0.2, 0.25) is 5.15 Å². The van der Waals surface area contributed by atoms with Gasteiger partial charge in [0, 0.05) is 0 Å². The van der Waals surface area contributed by atoms with Crippen LogP contribution in [0.4, 0.5) is 0 Å². The molecule has 1 aromatic heterocycles. The molecule has 0 saturated heterocycles. The number of carbonyl (C=O) groups is 1. The zero-order valence-electron chi connectivity index (χ0n) is 10.7. The maximum Gasteiger partial charge on any atom is 0.272 e. The number of carbonyl (C=O) groups excluding carboxylic acids is 1. The van der Waals surface area contributed by atoms with E-state index in [1.807, 2.05) is 13.0 Å². The molecule has 6 heteroatoms. The van der Waals surface area contributed by atoms with E-state index in [1.54, 1.807) is 24.3 Å². The number of amides is 1. The summed E-state index contributed by atoms with van der Waals surface area (Å²) in [7, 11) is 0. The van der Waals surface area contributed by atoms with Crippen LogP contribution in [0, 0.1) is 11.3 Å². The van der Waals surface area contributed by atoms with Crippen molar-refractivity contribution in [1.29, 1.82) is 5.26 Å². The Morgan fingerprint density at radius 2 is 1.95 bits per heavy atom. The molecule has 0 aliphatic rings.